The van der Waals surface area contributed by atoms with Crippen molar-refractivity contribution in [3.05, 3.63) is 16.7 Å². The Kier molecular flexibility index (Phi) is 13.9. The molecule has 1 aliphatic heterocycles. The first-order valence-corrected chi connectivity index (χ1v) is 19.7. The van der Waals surface area contributed by atoms with Crippen LogP contribution in [-0.2, 0) is 47.2 Å². The van der Waals surface area contributed by atoms with Gasteiger partial charge in [0, 0.05) is 24.2 Å². The maximum Gasteiger partial charge on any atom is 0.302 e. The van der Waals surface area contributed by atoms with Crippen LogP contribution in [0, 0.1) is 5.92 Å². The van der Waals surface area contributed by atoms with E-state index in [4.69, 9.17) is 32.8 Å². The van der Waals surface area contributed by atoms with Crippen LogP contribution >= 0.6 is 22.6 Å². The molecule has 0 bridgehead atoms. The number of hydrogen-bond donors (Lipinski definition) is 2. The van der Waals surface area contributed by atoms with Crippen LogP contribution < -0.4 is 10.9 Å². The lowest BCUT2D eigenvalue weighted by Gasteiger charge is -2.40. The number of amides is 1. The van der Waals surface area contributed by atoms with Gasteiger partial charge in [-0.3, -0.25) is 34.0 Å². The molecule has 1 aliphatic rings. The predicted molar refractivity (Wildman–Crippen MR) is 180 cm³/mol. The molecule has 2 N–H and O–H groups in total. The number of carbonyl (C=O) groups is 3. The van der Waals surface area contributed by atoms with E-state index in [0.29, 0.717) is 4.43 Å². The first-order valence-electron chi connectivity index (χ1n) is 15.3. The Balaban J connectivity index is 2.06. The van der Waals surface area contributed by atoms with Crippen molar-refractivity contribution < 1.29 is 47.2 Å². The van der Waals surface area contributed by atoms with E-state index in [1.54, 1.807) is 18.4 Å². The Labute approximate surface area is 288 Å². The molecular weight excluding hydrogens is 749 g/mol. The molecule has 47 heavy (non-hydrogen) atoms. The largest absolute Gasteiger partial charge is 0.463 e. The molecule has 0 aromatic carbocycles. The molecule has 4 atom stereocenters. The van der Waals surface area contributed by atoms with E-state index in [0.717, 1.165) is 0 Å². The molecule has 16 nitrogen and oxygen atoms in total. The van der Waals surface area contributed by atoms with E-state index in [1.165, 1.54) is 20.2 Å². The summed E-state index contributed by atoms with van der Waals surface area (Å²) in [6.07, 6.45) is -1.52. The summed E-state index contributed by atoms with van der Waals surface area (Å²) in [4.78, 5) is 59.4. The zero-order chi connectivity index (χ0) is 35.1. The third-order valence-corrected chi connectivity index (χ3v) is 13.0. The number of fused-ring (bicyclic) bond motifs is 1. The highest BCUT2D eigenvalue weighted by Crippen LogP contribution is 2.43. The van der Waals surface area contributed by atoms with Crippen LogP contribution in [0.2, 0.25) is 18.1 Å². The highest BCUT2D eigenvalue weighted by molar-refractivity contribution is 14.1. The standard InChI is InChI=1S/C29H46IN5O11Si/c1-16(2)24(38)33-27-32-23-20(25(39)34-27)31-15-35(23)26-22(21(19(14-30)44-26)46-47(8,9)29(5,6)7)45-28(42-12-10-40-17(3)36)43-13-11-41-18(4)37/h15-16,19,21-22,26,28H,10-14H2,1-9H3,(H2,32,33,34,38,39)/t19-,21?,22?,26-/m1/s1. The van der Waals surface area contributed by atoms with Gasteiger partial charge in [-0.2, -0.15) is 4.98 Å². The number of aromatic nitrogens is 4. The van der Waals surface area contributed by atoms with Crippen LogP contribution in [0.15, 0.2) is 11.1 Å². The van der Waals surface area contributed by atoms with Crippen LogP contribution in [0.4, 0.5) is 5.95 Å². The second-order valence-corrected chi connectivity index (χ2v) is 18.4. The highest BCUT2D eigenvalue weighted by Gasteiger charge is 2.52. The van der Waals surface area contributed by atoms with E-state index in [9.17, 15) is 19.2 Å². The summed E-state index contributed by atoms with van der Waals surface area (Å²) in [6.45, 7) is 15.0. The molecule has 1 saturated heterocycles. The summed E-state index contributed by atoms with van der Waals surface area (Å²) in [7, 11) is -2.43. The number of rotatable bonds is 16. The van der Waals surface area contributed by atoms with E-state index < -0.39 is 56.8 Å². The normalized spacial score (nSPS) is 20.3. The summed E-state index contributed by atoms with van der Waals surface area (Å²) in [6, 6.07) is 0. The third-order valence-electron chi connectivity index (χ3n) is 7.70. The zero-order valence-corrected chi connectivity index (χ0v) is 31.4. The van der Waals surface area contributed by atoms with E-state index in [-0.39, 0.29) is 60.4 Å². The molecule has 18 heteroatoms. The highest BCUT2D eigenvalue weighted by atomic mass is 127. The second kappa shape index (κ2) is 16.7. The van der Waals surface area contributed by atoms with E-state index >= 15 is 0 Å². The van der Waals surface area contributed by atoms with Crippen LogP contribution in [-0.4, -0.2) is 101 Å². The summed E-state index contributed by atoms with van der Waals surface area (Å²) in [5.74, 6) is -1.68. The minimum Gasteiger partial charge on any atom is -0.463 e. The molecule has 2 aromatic rings. The van der Waals surface area contributed by atoms with Crippen molar-refractivity contribution in [2.75, 3.05) is 36.2 Å². The summed E-state index contributed by atoms with van der Waals surface area (Å²) < 4.78 is 43.7. The summed E-state index contributed by atoms with van der Waals surface area (Å²) in [5.41, 5.74) is -0.375. The van der Waals surface area contributed by atoms with Gasteiger partial charge in [-0.15, -0.1) is 0 Å². The first kappa shape index (κ1) is 39.0. The molecule has 0 spiro atoms. The molecule has 0 saturated carbocycles. The average Bonchev–Trinajstić information content (AvgIpc) is 3.53. The second-order valence-electron chi connectivity index (χ2n) is 12.8. The van der Waals surface area contributed by atoms with Crippen molar-refractivity contribution in [2.45, 2.75) is 97.6 Å². The van der Waals surface area contributed by atoms with Gasteiger partial charge in [-0.1, -0.05) is 57.2 Å². The van der Waals surface area contributed by atoms with E-state index in [2.05, 4.69) is 76.7 Å². The summed E-state index contributed by atoms with van der Waals surface area (Å²) in [5, 5.41) is 2.46. The number of esters is 2. The number of carbonyl (C=O) groups excluding carboxylic acids is 3. The Hall–Kier alpha value is -2.49. The molecule has 264 valence electrons. The third kappa shape index (κ3) is 10.5. The van der Waals surface area contributed by atoms with Crippen LogP contribution in [0.3, 0.4) is 0 Å². The number of alkyl halides is 1. The molecule has 3 rings (SSSR count). The van der Waals surface area contributed by atoms with Gasteiger partial charge in [0.15, 0.2) is 25.7 Å². The van der Waals surface area contributed by atoms with Gasteiger partial charge >= 0.3 is 11.9 Å². The van der Waals surface area contributed by atoms with Gasteiger partial charge < -0.3 is 32.8 Å². The lowest BCUT2D eigenvalue weighted by molar-refractivity contribution is -0.320. The molecule has 2 aromatic heterocycles. The van der Waals surface area contributed by atoms with Crippen LogP contribution in [0.25, 0.3) is 11.2 Å². The fourth-order valence-corrected chi connectivity index (χ4v) is 6.24. The smallest absolute Gasteiger partial charge is 0.302 e. The van der Waals surface area contributed by atoms with Crippen LogP contribution in [0.1, 0.15) is 54.7 Å². The van der Waals surface area contributed by atoms with Gasteiger partial charge in [0.25, 0.3) is 12.0 Å². The van der Waals surface area contributed by atoms with Crippen molar-refractivity contribution in [3.63, 3.8) is 0 Å². The molecule has 3 heterocycles. The maximum absolute atomic E-state index is 13.0. The number of ether oxygens (including phenoxy) is 6. The Bertz CT molecular complexity index is 1420. The van der Waals surface area contributed by atoms with Crippen molar-refractivity contribution in [1.82, 2.24) is 19.5 Å². The SMILES string of the molecule is CC(=O)OCCOC(OCCOC(C)=O)OC1C(O[Si](C)(C)C(C)(C)C)[C@@H](CI)O[C@H]1n1cnc2c(=O)[nH]c(NC(=O)C(C)C)nc21. The van der Waals surface area contributed by atoms with Gasteiger partial charge in [0.1, 0.15) is 25.4 Å². The number of aromatic amines is 1. The molecular formula is C29H46IN5O11Si. The number of nitrogens with one attached hydrogen (secondary N) is 2. The van der Waals surface area contributed by atoms with Crippen molar-refractivity contribution in [2.24, 2.45) is 5.92 Å². The fraction of sp³-hybridized carbons (Fsp3) is 0.724. The minimum absolute atomic E-state index is 0.0292. The number of hydrogen-bond acceptors (Lipinski definition) is 13. The fourth-order valence-electron chi connectivity index (χ4n) is 4.21. The molecule has 2 unspecified atom stereocenters. The Morgan fingerprint density at radius 2 is 1.66 bits per heavy atom. The lowest BCUT2D eigenvalue weighted by Crippen LogP contribution is -2.51. The molecule has 0 radical (unpaired) electrons. The number of anilines is 1. The maximum atomic E-state index is 13.0. The molecule has 1 amide bonds. The minimum atomic E-state index is -2.43. The number of H-pyrrole nitrogens is 1. The van der Waals surface area contributed by atoms with Crippen LogP contribution in [0.5, 0.6) is 0 Å². The lowest BCUT2D eigenvalue weighted by atomic mass is 10.1. The molecule has 1 fully saturated rings. The van der Waals surface area contributed by atoms with Gasteiger partial charge in [-0.25, -0.2) is 4.98 Å². The topological polar surface area (TPSA) is 191 Å². The van der Waals surface area contributed by atoms with Gasteiger partial charge in [0.2, 0.25) is 11.9 Å². The average molecular weight is 796 g/mol. The number of nitrogens with zero attached hydrogens (tertiary/aromatic N) is 3. The van der Waals surface area contributed by atoms with Gasteiger partial charge in [0.05, 0.1) is 25.6 Å². The first-order chi connectivity index (χ1) is 21.9. The van der Waals surface area contributed by atoms with Crippen molar-refractivity contribution in [3.8, 4) is 0 Å². The number of halogens is 1. The van der Waals surface area contributed by atoms with Gasteiger partial charge in [-0.05, 0) is 18.1 Å². The summed E-state index contributed by atoms with van der Waals surface area (Å²) >= 11 is 2.22. The predicted octanol–water partition coefficient (Wildman–Crippen LogP) is 3.27. The van der Waals surface area contributed by atoms with Crippen molar-refractivity contribution >= 4 is 65.9 Å². The zero-order valence-electron chi connectivity index (χ0n) is 28.3. The van der Waals surface area contributed by atoms with E-state index in [1.807, 2.05) is 0 Å². The van der Waals surface area contributed by atoms with Crippen molar-refractivity contribution in [1.29, 1.82) is 0 Å². The Morgan fingerprint density at radius 3 is 2.17 bits per heavy atom. The number of imidazole rings is 1. The Morgan fingerprint density at radius 1 is 1.06 bits per heavy atom. The molecule has 0 aliphatic carbocycles. The monoisotopic (exact) mass is 795 g/mol. The quantitative estimate of drug-likeness (QED) is 0.0629.